The average Bonchev–Trinajstić information content (AvgIpc) is 3.03. The van der Waals surface area contributed by atoms with E-state index in [0.717, 1.165) is 69.9 Å². The maximum Gasteiger partial charge on any atom is 0.253 e. The van der Waals surface area contributed by atoms with Gasteiger partial charge in [0.2, 0.25) is 0 Å². The van der Waals surface area contributed by atoms with Gasteiger partial charge in [-0.05, 0) is 57.1 Å². The number of aliphatic hydroxyl groups is 1. The molecule has 0 aliphatic carbocycles. The highest BCUT2D eigenvalue weighted by Crippen LogP contribution is 2.33. The smallest absolute Gasteiger partial charge is 0.253 e. The van der Waals surface area contributed by atoms with Crippen molar-refractivity contribution in [3.8, 4) is 0 Å². The van der Waals surface area contributed by atoms with E-state index in [-0.39, 0.29) is 18.3 Å². The van der Waals surface area contributed by atoms with E-state index >= 15 is 0 Å². The number of rotatable bonds is 12. The van der Waals surface area contributed by atoms with E-state index in [1.54, 1.807) is 12.3 Å². The van der Waals surface area contributed by atoms with Crippen LogP contribution in [0.2, 0.25) is 10.0 Å². The van der Waals surface area contributed by atoms with Crippen LogP contribution in [0.3, 0.4) is 0 Å². The maximum absolute atomic E-state index is 12.2. The van der Waals surface area contributed by atoms with Gasteiger partial charge >= 0.3 is 0 Å². The summed E-state index contributed by atoms with van der Waals surface area (Å²) in [7, 11) is 3.89. The molecule has 0 saturated carbocycles. The fraction of sp³-hybridized carbons (Fsp3) is 0.531. The molecule has 1 aromatic heterocycles. The van der Waals surface area contributed by atoms with E-state index in [1.807, 2.05) is 43.3 Å². The highest BCUT2D eigenvalue weighted by Gasteiger charge is 2.35. The molecular formula is C32H43Cl2N7O3. The Hall–Kier alpha value is -2.73. The first kappa shape index (κ1) is 32.7. The maximum atomic E-state index is 12.2. The van der Waals surface area contributed by atoms with E-state index in [2.05, 4.69) is 37.2 Å². The lowest BCUT2D eigenvalue weighted by Crippen LogP contribution is -2.58. The summed E-state index contributed by atoms with van der Waals surface area (Å²) in [5, 5.41) is 17.5. The van der Waals surface area contributed by atoms with E-state index in [4.69, 9.17) is 23.2 Å². The Morgan fingerprint density at radius 1 is 1.05 bits per heavy atom. The zero-order valence-electron chi connectivity index (χ0n) is 25.7. The minimum absolute atomic E-state index is 0.0113. The van der Waals surface area contributed by atoms with Crippen LogP contribution in [0, 0.1) is 0 Å². The summed E-state index contributed by atoms with van der Waals surface area (Å²) in [4.78, 5) is 38.3. The van der Waals surface area contributed by atoms with Gasteiger partial charge in [-0.15, -0.1) is 0 Å². The molecule has 2 atom stereocenters. The Morgan fingerprint density at radius 3 is 2.39 bits per heavy atom. The zero-order chi connectivity index (χ0) is 31.4. The summed E-state index contributed by atoms with van der Waals surface area (Å²) in [5.41, 5.74) is 1.18. The van der Waals surface area contributed by atoms with Crippen molar-refractivity contribution in [2.75, 3.05) is 82.0 Å². The van der Waals surface area contributed by atoms with E-state index in [0.29, 0.717) is 40.0 Å². The number of hydrogen-bond acceptors (Lipinski definition) is 10. The molecule has 238 valence electrons. The first-order valence-electron chi connectivity index (χ1n) is 15.5. The number of likely N-dealkylation sites (tertiary alicyclic amines) is 1. The number of pyridine rings is 1. The first-order valence-corrected chi connectivity index (χ1v) is 16.2. The molecule has 2 aliphatic heterocycles. The van der Waals surface area contributed by atoms with E-state index in [1.165, 1.54) is 0 Å². The minimum atomic E-state index is -0.540. The monoisotopic (exact) mass is 643 g/mol. The summed E-state index contributed by atoms with van der Waals surface area (Å²) in [6.45, 7) is 8.06. The molecule has 0 bridgehead atoms. The number of aromatic nitrogens is 1. The number of benzene rings is 1. The summed E-state index contributed by atoms with van der Waals surface area (Å²) in [5.74, 6) is 0.730. The molecule has 0 radical (unpaired) electrons. The lowest BCUT2D eigenvalue weighted by atomic mass is 9.96. The fourth-order valence-corrected chi connectivity index (χ4v) is 6.92. The van der Waals surface area contributed by atoms with Crippen LogP contribution < -0.4 is 26.4 Å². The van der Waals surface area contributed by atoms with E-state index in [9.17, 15) is 14.7 Å². The van der Waals surface area contributed by atoms with Crippen LogP contribution >= 0.6 is 23.2 Å². The number of nitrogens with zero attached hydrogens (tertiary/aromatic N) is 5. The van der Waals surface area contributed by atoms with Crippen molar-refractivity contribution in [1.82, 2.24) is 19.7 Å². The standard InChI is InChI=1S/C32H43Cl2N7O3/c1-4-24-19-40(15-16-41(24)25-9-12-39(13-10-25)27(20-42)21-5-7-22(33)8-6-21)32-26(34)17-23(18-36-32)37-29-28(30(43)31(29)44)35-11-14-38(2)3/h5-8,17-18,24-25,27,35,37,42H,4,9-16,19-20H2,1-3H3/t24-,27+/m0/s1. The highest BCUT2D eigenvalue weighted by atomic mass is 35.5. The molecule has 44 heavy (non-hydrogen) atoms. The Bertz CT molecular complexity index is 1470. The molecule has 5 rings (SSSR count). The van der Waals surface area contributed by atoms with Crippen molar-refractivity contribution in [1.29, 1.82) is 0 Å². The minimum Gasteiger partial charge on any atom is -0.394 e. The van der Waals surface area contributed by atoms with Gasteiger partial charge in [-0.3, -0.25) is 19.4 Å². The zero-order valence-corrected chi connectivity index (χ0v) is 27.2. The van der Waals surface area contributed by atoms with Crippen molar-refractivity contribution < 1.29 is 5.11 Å². The van der Waals surface area contributed by atoms with Gasteiger partial charge in [-0.25, -0.2) is 4.98 Å². The van der Waals surface area contributed by atoms with Gasteiger partial charge in [0.05, 0.1) is 29.6 Å². The highest BCUT2D eigenvalue weighted by molar-refractivity contribution is 6.33. The van der Waals surface area contributed by atoms with Crippen LogP contribution in [0.25, 0.3) is 0 Å². The largest absolute Gasteiger partial charge is 0.394 e. The SMILES string of the molecule is CC[C@H]1CN(c2ncc(Nc3c(NCCN(C)C)c(=O)c3=O)cc2Cl)CCN1C1CCN([C@H](CO)c2ccc(Cl)cc2)CC1. The van der Waals surface area contributed by atoms with Gasteiger partial charge in [0, 0.05) is 62.9 Å². The number of piperidine rings is 1. The Morgan fingerprint density at radius 2 is 1.75 bits per heavy atom. The topological polar surface area (TPSA) is 104 Å². The number of hydrogen-bond donors (Lipinski definition) is 3. The molecule has 3 heterocycles. The number of halogens is 2. The molecule has 3 aromatic rings. The van der Waals surface area contributed by atoms with E-state index < -0.39 is 10.9 Å². The lowest BCUT2D eigenvalue weighted by molar-refractivity contribution is 0.0356. The average molecular weight is 645 g/mol. The number of anilines is 4. The number of piperazine rings is 1. The van der Waals surface area contributed by atoms with Crippen LogP contribution in [-0.4, -0.2) is 103 Å². The third-order valence-electron chi connectivity index (χ3n) is 9.00. The quantitative estimate of drug-likeness (QED) is 0.253. The predicted molar refractivity (Wildman–Crippen MR) is 180 cm³/mol. The van der Waals surface area contributed by atoms with Crippen molar-refractivity contribution >= 4 is 46.1 Å². The summed E-state index contributed by atoms with van der Waals surface area (Å²) in [6.07, 6.45) is 4.81. The Kier molecular flexibility index (Phi) is 10.8. The second kappa shape index (κ2) is 14.6. The van der Waals surface area contributed by atoms with Gasteiger partial charge in [0.25, 0.3) is 10.9 Å². The third kappa shape index (κ3) is 7.22. The second-order valence-corrected chi connectivity index (χ2v) is 12.9. The lowest BCUT2D eigenvalue weighted by Gasteiger charge is -2.48. The van der Waals surface area contributed by atoms with Gasteiger partial charge < -0.3 is 25.5 Å². The second-order valence-electron chi connectivity index (χ2n) is 12.1. The molecule has 2 aliphatic rings. The molecule has 2 fully saturated rings. The Balaban J connectivity index is 1.18. The van der Waals surface area contributed by atoms with Crippen LogP contribution in [0.15, 0.2) is 46.1 Å². The van der Waals surface area contributed by atoms with Crippen LogP contribution in [0.5, 0.6) is 0 Å². The normalized spacial score (nSPS) is 19.5. The molecule has 12 heteroatoms. The van der Waals surface area contributed by atoms with Crippen LogP contribution in [-0.2, 0) is 0 Å². The number of nitrogens with one attached hydrogen (secondary N) is 2. The van der Waals surface area contributed by atoms with Gasteiger partial charge in [0.15, 0.2) is 0 Å². The summed E-state index contributed by atoms with van der Waals surface area (Å²) in [6, 6.07) is 10.4. The molecule has 0 spiro atoms. The molecule has 0 amide bonds. The first-order chi connectivity index (χ1) is 21.2. The van der Waals surface area contributed by atoms with Crippen molar-refractivity contribution in [2.24, 2.45) is 0 Å². The summed E-state index contributed by atoms with van der Waals surface area (Å²) < 4.78 is 0. The molecular weight excluding hydrogens is 601 g/mol. The van der Waals surface area contributed by atoms with Gasteiger partial charge in [-0.2, -0.15) is 0 Å². The molecule has 2 saturated heterocycles. The van der Waals surface area contributed by atoms with Crippen molar-refractivity contribution in [3.63, 3.8) is 0 Å². The van der Waals surface area contributed by atoms with Crippen molar-refractivity contribution in [2.45, 2.75) is 44.3 Å². The number of aliphatic hydroxyl groups excluding tert-OH is 1. The molecule has 2 aromatic carbocycles. The predicted octanol–water partition coefficient (Wildman–Crippen LogP) is 3.80. The van der Waals surface area contributed by atoms with Crippen molar-refractivity contribution in [3.05, 3.63) is 72.6 Å². The van der Waals surface area contributed by atoms with Crippen LogP contribution in [0.1, 0.15) is 37.8 Å². The van der Waals surface area contributed by atoms with Crippen LogP contribution in [0.4, 0.5) is 22.9 Å². The summed E-state index contributed by atoms with van der Waals surface area (Å²) >= 11 is 12.8. The molecule has 10 nitrogen and oxygen atoms in total. The molecule has 0 unspecified atom stereocenters. The third-order valence-corrected chi connectivity index (χ3v) is 9.53. The number of likely N-dealkylation sites (N-methyl/N-ethyl adjacent to an activating group) is 1. The molecule has 3 N–H and O–H groups in total. The Labute approximate surface area is 269 Å². The fourth-order valence-electron chi connectivity index (χ4n) is 6.51. The van der Waals surface area contributed by atoms with Gasteiger partial charge in [-0.1, -0.05) is 42.3 Å². The van der Waals surface area contributed by atoms with Gasteiger partial charge in [0.1, 0.15) is 17.2 Å².